The van der Waals surface area contributed by atoms with Crippen LogP contribution in [0.25, 0.3) is 0 Å². The first-order chi connectivity index (χ1) is 5.13. The van der Waals surface area contributed by atoms with Crippen molar-refractivity contribution in [1.29, 1.82) is 0 Å². The first-order valence-electron chi connectivity index (χ1n) is 3.57. The van der Waals surface area contributed by atoms with Crippen LogP contribution in [-0.4, -0.2) is 16.9 Å². The molecule has 3 heteroatoms. The van der Waals surface area contributed by atoms with E-state index in [4.69, 9.17) is 4.84 Å². The average Bonchev–Trinajstić information content (AvgIpc) is 1.98. The van der Waals surface area contributed by atoms with Crippen LogP contribution in [0.3, 0.4) is 0 Å². The zero-order chi connectivity index (χ0) is 8.85. The molecule has 2 atom stereocenters. The first-order valence-corrected chi connectivity index (χ1v) is 4.24. The lowest BCUT2D eigenvalue weighted by molar-refractivity contribution is -0.127. The molecule has 11 heavy (non-hydrogen) atoms. The lowest BCUT2D eigenvalue weighted by atomic mass is 10.4. The van der Waals surface area contributed by atoms with Crippen molar-refractivity contribution in [1.82, 2.24) is 5.06 Å². The van der Waals surface area contributed by atoms with Crippen LogP contribution in [0, 0.1) is 0 Å². The molecule has 2 nitrogen and oxygen atoms in total. The monoisotopic (exact) mass is 173 g/mol. The number of hydroxylamine groups is 2. The maximum absolute atomic E-state index is 5.16. The zero-order valence-electron chi connectivity index (χ0n) is 7.16. The van der Waals surface area contributed by atoms with Crippen molar-refractivity contribution in [3.8, 4) is 0 Å². The molecule has 0 aromatic rings. The van der Waals surface area contributed by atoms with E-state index in [1.807, 2.05) is 13.8 Å². The average molecular weight is 173 g/mol. The van der Waals surface area contributed by atoms with Crippen molar-refractivity contribution in [3.63, 3.8) is 0 Å². The molecule has 0 saturated carbocycles. The van der Waals surface area contributed by atoms with Gasteiger partial charge >= 0.3 is 0 Å². The van der Waals surface area contributed by atoms with E-state index < -0.39 is 0 Å². The fraction of sp³-hybridized carbons (Fsp3) is 0.500. The summed E-state index contributed by atoms with van der Waals surface area (Å²) in [6.45, 7) is 11.3. The SMILES string of the molecule is C=CON(C(C)C)C(P)C=C. The maximum atomic E-state index is 5.16. The second kappa shape index (κ2) is 5.34. The predicted octanol–water partition coefficient (Wildman–Crippen LogP) is 2.16. The van der Waals surface area contributed by atoms with Gasteiger partial charge in [0.25, 0.3) is 0 Å². The summed E-state index contributed by atoms with van der Waals surface area (Å²) in [5.74, 6) is 0.132. The van der Waals surface area contributed by atoms with Gasteiger partial charge < -0.3 is 4.84 Å². The summed E-state index contributed by atoms with van der Waals surface area (Å²) >= 11 is 0. The molecule has 0 heterocycles. The predicted molar refractivity (Wildman–Crippen MR) is 52.0 cm³/mol. The van der Waals surface area contributed by atoms with Crippen molar-refractivity contribution in [2.24, 2.45) is 0 Å². The third kappa shape index (κ3) is 3.54. The Balaban J connectivity index is 4.07. The molecule has 0 N–H and O–H groups in total. The van der Waals surface area contributed by atoms with Crippen LogP contribution in [0.1, 0.15) is 13.8 Å². The van der Waals surface area contributed by atoms with E-state index in [-0.39, 0.29) is 5.78 Å². The van der Waals surface area contributed by atoms with E-state index in [0.29, 0.717) is 6.04 Å². The molecule has 2 unspecified atom stereocenters. The van der Waals surface area contributed by atoms with Gasteiger partial charge in [0.2, 0.25) is 0 Å². The Hall–Kier alpha value is -0.330. The largest absolute Gasteiger partial charge is 0.413 e. The second-order valence-corrected chi connectivity index (χ2v) is 3.14. The highest BCUT2D eigenvalue weighted by Gasteiger charge is 2.14. The Kier molecular flexibility index (Phi) is 5.18. The highest BCUT2D eigenvalue weighted by Crippen LogP contribution is 2.13. The maximum Gasteiger partial charge on any atom is 0.104 e. The van der Waals surface area contributed by atoms with Crippen LogP contribution < -0.4 is 0 Å². The summed E-state index contributed by atoms with van der Waals surface area (Å²) in [4.78, 5) is 5.16. The van der Waals surface area contributed by atoms with Crippen molar-refractivity contribution >= 4 is 9.24 Å². The van der Waals surface area contributed by atoms with Gasteiger partial charge in [0, 0.05) is 6.04 Å². The smallest absolute Gasteiger partial charge is 0.104 e. The number of hydrogen-bond donors (Lipinski definition) is 0. The molecule has 0 bridgehead atoms. The fourth-order valence-electron chi connectivity index (χ4n) is 0.726. The van der Waals surface area contributed by atoms with Gasteiger partial charge in [0.1, 0.15) is 6.26 Å². The molecule has 0 aliphatic rings. The van der Waals surface area contributed by atoms with E-state index >= 15 is 0 Å². The van der Waals surface area contributed by atoms with Crippen LogP contribution in [0.4, 0.5) is 0 Å². The van der Waals surface area contributed by atoms with Gasteiger partial charge in [0.15, 0.2) is 0 Å². The van der Waals surface area contributed by atoms with Crippen molar-refractivity contribution in [2.45, 2.75) is 25.7 Å². The van der Waals surface area contributed by atoms with E-state index in [9.17, 15) is 0 Å². The van der Waals surface area contributed by atoms with Gasteiger partial charge in [-0.05, 0) is 13.8 Å². The van der Waals surface area contributed by atoms with Crippen molar-refractivity contribution in [2.75, 3.05) is 0 Å². The van der Waals surface area contributed by atoms with Gasteiger partial charge in [-0.1, -0.05) is 12.7 Å². The fourth-order valence-corrected chi connectivity index (χ4v) is 1.14. The first kappa shape index (κ1) is 10.7. The Morgan fingerprint density at radius 1 is 1.45 bits per heavy atom. The van der Waals surface area contributed by atoms with E-state index in [1.165, 1.54) is 6.26 Å². The normalized spacial score (nSPS) is 13.2. The number of hydrogen-bond acceptors (Lipinski definition) is 2. The van der Waals surface area contributed by atoms with Gasteiger partial charge in [-0.2, -0.15) is 0 Å². The summed E-state index contributed by atoms with van der Waals surface area (Å²) in [6.07, 6.45) is 3.22. The molecular formula is C8H16NOP. The Bertz CT molecular complexity index is 136. The highest BCUT2D eigenvalue weighted by atomic mass is 31.0. The minimum atomic E-state index is 0.132. The van der Waals surface area contributed by atoms with Crippen LogP contribution >= 0.6 is 9.24 Å². The molecular weight excluding hydrogens is 157 g/mol. The number of rotatable bonds is 5. The van der Waals surface area contributed by atoms with E-state index in [1.54, 1.807) is 11.1 Å². The second-order valence-electron chi connectivity index (χ2n) is 2.45. The molecule has 0 radical (unpaired) electrons. The lowest BCUT2D eigenvalue weighted by Gasteiger charge is -2.27. The quantitative estimate of drug-likeness (QED) is 0.273. The third-order valence-corrected chi connectivity index (χ3v) is 1.81. The standard InChI is InChI=1S/C8H16NOP/c1-5-8(11)9(7(3)4)10-6-2/h5-8H,1-2,11H2,3-4H3. The van der Waals surface area contributed by atoms with E-state index in [2.05, 4.69) is 22.4 Å². The molecule has 0 aliphatic carbocycles. The summed E-state index contributed by atoms with van der Waals surface area (Å²) < 4.78 is 0. The Morgan fingerprint density at radius 2 is 2.00 bits per heavy atom. The molecule has 0 aromatic carbocycles. The van der Waals surface area contributed by atoms with Gasteiger partial charge in [-0.25, -0.2) is 0 Å². The van der Waals surface area contributed by atoms with Gasteiger partial charge in [0.05, 0.1) is 5.78 Å². The summed E-state index contributed by atoms with van der Waals surface area (Å²) in [5.41, 5.74) is 0. The highest BCUT2D eigenvalue weighted by molar-refractivity contribution is 7.17. The third-order valence-electron chi connectivity index (χ3n) is 1.24. The van der Waals surface area contributed by atoms with Crippen LogP contribution in [-0.2, 0) is 4.84 Å². The molecule has 0 saturated heterocycles. The summed E-state index contributed by atoms with van der Waals surface area (Å²) in [6, 6.07) is 0.313. The molecule has 0 rings (SSSR count). The molecule has 64 valence electrons. The minimum Gasteiger partial charge on any atom is -0.413 e. The minimum absolute atomic E-state index is 0.132. The zero-order valence-corrected chi connectivity index (χ0v) is 8.31. The Morgan fingerprint density at radius 3 is 2.27 bits per heavy atom. The van der Waals surface area contributed by atoms with Crippen LogP contribution in [0.2, 0.25) is 0 Å². The van der Waals surface area contributed by atoms with Gasteiger partial charge in [-0.3, -0.25) is 0 Å². The summed E-state index contributed by atoms with van der Waals surface area (Å²) in [5, 5.41) is 1.80. The summed E-state index contributed by atoms with van der Waals surface area (Å²) in [7, 11) is 2.63. The number of nitrogens with zero attached hydrogens (tertiary/aromatic N) is 1. The van der Waals surface area contributed by atoms with Crippen LogP contribution in [0.5, 0.6) is 0 Å². The molecule has 0 aliphatic heterocycles. The van der Waals surface area contributed by atoms with Gasteiger partial charge in [-0.15, -0.1) is 20.9 Å². The molecule has 0 aromatic heterocycles. The van der Waals surface area contributed by atoms with Crippen molar-refractivity contribution < 1.29 is 4.84 Å². The molecule has 0 spiro atoms. The van der Waals surface area contributed by atoms with Crippen molar-refractivity contribution in [3.05, 3.63) is 25.5 Å². The topological polar surface area (TPSA) is 12.5 Å². The van der Waals surface area contributed by atoms with E-state index in [0.717, 1.165) is 0 Å². The molecule has 0 fully saturated rings. The van der Waals surface area contributed by atoms with Crippen LogP contribution in [0.15, 0.2) is 25.5 Å². The Labute approximate surface area is 71.1 Å². The lowest BCUT2D eigenvalue weighted by Crippen LogP contribution is -2.34. The molecule has 0 amide bonds.